The summed E-state index contributed by atoms with van der Waals surface area (Å²) < 4.78 is 23.5. The highest BCUT2D eigenvalue weighted by Gasteiger charge is 2.39. The largest absolute Gasteiger partial charge is 0.296 e. The zero-order chi connectivity index (χ0) is 14.9. The first-order valence-electron chi connectivity index (χ1n) is 8.03. The van der Waals surface area contributed by atoms with Crippen molar-refractivity contribution in [2.75, 3.05) is 18.1 Å². The first-order valence-corrected chi connectivity index (χ1v) is 9.86. The van der Waals surface area contributed by atoms with Gasteiger partial charge in [-0.1, -0.05) is 37.3 Å². The lowest BCUT2D eigenvalue weighted by molar-refractivity contribution is 0.174. The zero-order valence-corrected chi connectivity index (χ0v) is 13.6. The van der Waals surface area contributed by atoms with Crippen molar-refractivity contribution in [1.82, 2.24) is 4.90 Å². The topological polar surface area (TPSA) is 37.4 Å². The zero-order valence-electron chi connectivity index (χ0n) is 12.7. The van der Waals surface area contributed by atoms with E-state index >= 15 is 0 Å². The van der Waals surface area contributed by atoms with E-state index in [9.17, 15) is 8.42 Å². The van der Waals surface area contributed by atoms with Crippen molar-refractivity contribution in [3.8, 4) is 0 Å². The highest BCUT2D eigenvalue weighted by molar-refractivity contribution is 7.91. The minimum atomic E-state index is -2.78. The molecule has 1 aliphatic heterocycles. The second-order valence-corrected chi connectivity index (χ2v) is 9.01. The van der Waals surface area contributed by atoms with Gasteiger partial charge in [-0.05, 0) is 37.2 Å². The average molecular weight is 307 g/mol. The predicted molar refractivity (Wildman–Crippen MR) is 86.1 cm³/mol. The summed E-state index contributed by atoms with van der Waals surface area (Å²) >= 11 is 0. The Labute approximate surface area is 128 Å². The molecule has 1 heterocycles. The molecule has 21 heavy (non-hydrogen) atoms. The summed E-state index contributed by atoms with van der Waals surface area (Å²) in [6.07, 6.45) is 4.39. The van der Waals surface area contributed by atoms with Crippen LogP contribution in [0.5, 0.6) is 0 Å². The lowest BCUT2D eigenvalue weighted by atomic mass is 9.99. The molecule has 3 rings (SSSR count). The Morgan fingerprint density at radius 2 is 1.86 bits per heavy atom. The van der Waals surface area contributed by atoms with Crippen molar-refractivity contribution >= 4 is 9.84 Å². The summed E-state index contributed by atoms with van der Waals surface area (Å²) in [5, 5.41) is 0. The van der Waals surface area contributed by atoms with Gasteiger partial charge in [0.1, 0.15) is 0 Å². The lowest BCUT2D eigenvalue weighted by Crippen LogP contribution is -2.41. The molecule has 2 aliphatic rings. The Bertz CT molecular complexity index is 566. The van der Waals surface area contributed by atoms with Crippen LogP contribution in [-0.4, -0.2) is 43.5 Å². The van der Waals surface area contributed by atoms with Gasteiger partial charge in [-0.3, -0.25) is 4.90 Å². The first-order chi connectivity index (χ1) is 10.0. The minimum absolute atomic E-state index is 0.265. The Kier molecular flexibility index (Phi) is 4.36. The van der Waals surface area contributed by atoms with Crippen LogP contribution in [0.4, 0.5) is 0 Å². The summed E-state index contributed by atoms with van der Waals surface area (Å²) in [5.74, 6) is 1.33. The van der Waals surface area contributed by atoms with Gasteiger partial charge in [0.2, 0.25) is 0 Å². The standard InChI is InChI=1S/C17H25NO2S/c1-14(11-15-5-3-2-4-6-15)12-18(16-7-8-16)17-9-10-21(19,20)13-17/h2-6,14,16-17H,7-13H2,1H3/t14-,17-/m0/s1. The van der Waals surface area contributed by atoms with Crippen LogP contribution in [0.1, 0.15) is 31.7 Å². The first kappa shape index (κ1) is 15.0. The monoisotopic (exact) mass is 307 g/mol. The molecule has 0 bridgehead atoms. The normalized spacial score (nSPS) is 26.1. The molecule has 3 nitrogen and oxygen atoms in total. The summed E-state index contributed by atoms with van der Waals surface area (Å²) in [5.41, 5.74) is 1.37. The highest BCUT2D eigenvalue weighted by atomic mass is 32.2. The van der Waals surface area contributed by atoms with Gasteiger partial charge >= 0.3 is 0 Å². The molecule has 0 aromatic heterocycles. The predicted octanol–water partition coefficient (Wildman–Crippen LogP) is 2.52. The van der Waals surface area contributed by atoms with Gasteiger partial charge in [0, 0.05) is 18.6 Å². The molecule has 1 saturated carbocycles. The maximum Gasteiger partial charge on any atom is 0.151 e. The van der Waals surface area contributed by atoms with Crippen LogP contribution in [0.25, 0.3) is 0 Å². The van der Waals surface area contributed by atoms with E-state index in [0.29, 0.717) is 23.5 Å². The van der Waals surface area contributed by atoms with Crippen LogP contribution in [0.15, 0.2) is 30.3 Å². The fourth-order valence-electron chi connectivity index (χ4n) is 3.48. The quantitative estimate of drug-likeness (QED) is 0.810. The van der Waals surface area contributed by atoms with Crippen molar-refractivity contribution in [1.29, 1.82) is 0 Å². The minimum Gasteiger partial charge on any atom is -0.296 e. The maximum atomic E-state index is 11.7. The van der Waals surface area contributed by atoms with E-state index in [0.717, 1.165) is 19.4 Å². The molecule has 4 heteroatoms. The Morgan fingerprint density at radius 1 is 1.14 bits per heavy atom. The molecular weight excluding hydrogens is 282 g/mol. The highest BCUT2D eigenvalue weighted by Crippen LogP contribution is 2.33. The van der Waals surface area contributed by atoms with Crippen molar-refractivity contribution in [3.05, 3.63) is 35.9 Å². The van der Waals surface area contributed by atoms with Crippen LogP contribution >= 0.6 is 0 Å². The number of hydrogen-bond acceptors (Lipinski definition) is 3. The third-order valence-corrected chi connectivity index (χ3v) is 6.39. The van der Waals surface area contributed by atoms with Crippen LogP contribution in [-0.2, 0) is 16.3 Å². The average Bonchev–Trinajstić information content (AvgIpc) is 3.21. The fourth-order valence-corrected chi connectivity index (χ4v) is 5.22. The fraction of sp³-hybridized carbons (Fsp3) is 0.647. The molecule has 0 amide bonds. The second-order valence-electron chi connectivity index (χ2n) is 6.78. The van der Waals surface area contributed by atoms with E-state index < -0.39 is 9.84 Å². The molecule has 0 N–H and O–H groups in total. The molecule has 1 aromatic carbocycles. The molecule has 2 atom stereocenters. The van der Waals surface area contributed by atoms with E-state index in [1.54, 1.807) is 0 Å². The summed E-state index contributed by atoms with van der Waals surface area (Å²) in [7, 11) is -2.78. The van der Waals surface area contributed by atoms with Gasteiger partial charge < -0.3 is 0 Å². The third-order valence-electron chi connectivity index (χ3n) is 4.64. The molecule has 1 aliphatic carbocycles. The van der Waals surface area contributed by atoms with Crippen LogP contribution in [0.2, 0.25) is 0 Å². The third kappa shape index (κ3) is 4.07. The van der Waals surface area contributed by atoms with Gasteiger partial charge in [0.25, 0.3) is 0 Å². The van der Waals surface area contributed by atoms with Crippen molar-refractivity contribution < 1.29 is 8.42 Å². The molecule has 116 valence electrons. The Morgan fingerprint density at radius 3 is 2.43 bits per heavy atom. The molecule has 1 aromatic rings. The number of sulfone groups is 1. The van der Waals surface area contributed by atoms with Gasteiger partial charge in [0.05, 0.1) is 11.5 Å². The molecule has 0 spiro atoms. The summed E-state index contributed by atoms with van der Waals surface area (Å²) in [4.78, 5) is 2.50. The lowest BCUT2D eigenvalue weighted by Gasteiger charge is -2.30. The Hall–Kier alpha value is -0.870. The van der Waals surface area contributed by atoms with Gasteiger partial charge in [-0.2, -0.15) is 0 Å². The summed E-state index contributed by atoms with van der Waals surface area (Å²) in [6, 6.07) is 11.5. The van der Waals surface area contributed by atoms with E-state index in [1.165, 1.54) is 18.4 Å². The van der Waals surface area contributed by atoms with E-state index in [1.807, 2.05) is 6.07 Å². The van der Waals surface area contributed by atoms with E-state index in [4.69, 9.17) is 0 Å². The second kappa shape index (κ2) is 6.09. The van der Waals surface area contributed by atoms with Gasteiger partial charge in [-0.25, -0.2) is 8.42 Å². The van der Waals surface area contributed by atoms with Gasteiger partial charge in [0.15, 0.2) is 9.84 Å². The summed E-state index contributed by atoms with van der Waals surface area (Å²) in [6.45, 7) is 3.31. The van der Waals surface area contributed by atoms with Gasteiger partial charge in [-0.15, -0.1) is 0 Å². The Balaban J connectivity index is 1.60. The number of rotatable bonds is 6. The van der Waals surface area contributed by atoms with E-state index in [-0.39, 0.29) is 6.04 Å². The molecule has 0 unspecified atom stereocenters. The van der Waals surface area contributed by atoms with Crippen molar-refractivity contribution in [3.63, 3.8) is 0 Å². The van der Waals surface area contributed by atoms with Crippen LogP contribution in [0, 0.1) is 5.92 Å². The molecule has 1 saturated heterocycles. The number of nitrogens with zero attached hydrogens (tertiary/aromatic N) is 1. The molecule has 2 fully saturated rings. The van der Waals surface area contributed by atoms with E-state index in [2.05, 4.69) is 36.1 Å². The molecule has 0 radical (unpaired) electrons. The van der Waals surface area contributed by atoms with Crippen molar-refractivity contribution in [2.45, 2.75) is 44.7 Å². The number of hydrogen-bond donors (Lipinski definition) is 0. The number of benzene rings is 1. The maximum absolute atomic E-state index is 11.7. The SMILES string of the molecule is C[C@@H](Cc1ccccc1)CN(C1CC1)[C@H]1CCS(=O)(=O)C1. The molecular formula is C17H25NO2S. The van der Waals surface area contributed by atoms with Crippen LogP contribution in [0.3, 0.4) is 0 Å². The van der Waals surface area contributed by atoms with Crippen LogP contribution < -0.4 is 0 Å². The van der Waals surface area contributed by atoms with Crippen molar-refractivity contribution in [2.24, 2.45) is 5.92 Å². The smallest absolute Gasteiger partial charge is 0.151 e.